The number of para-hydroxylation sites is 1. The number of aliphatic hydroxyl groups is 1. The predicted octanol–water partition coefficient (Wildman–Crippen LogP) is 2.00. The van der Waals surface area contributed by atoms with Gasteiger partial charge in [-0.05, 0) is 32.4 Å². The molecule has 0 aliphatic heterocycles. The summed E-state index contributed by atoms with van der Waals surface area (Å²) in [5, 5.41) is 26.1. The van der Waals surface area contributed by atoms with Gasteiger partial charge in [0.2, 0.25) is 5.78 Å². The van der Waals surface area contributed by atoms with E-state index >= 15 is 0 Å². The second kappa shape index (κ2) is 7.84. The molecule has 1 amide bonds. The number of rotatable bonds is 7. The highest BCUT2D eigenvalue weighted by atomic mass is 16.3. The fourth-order valence-electron chi connectivity index (χ4n) is 2.65. The topological polar surface area (TPSA) is 102 Å². The number of ketones is 1. The maximum Gasteiger partial charge on any atom is 0.257 e. The van der Waals surface area contributed by atoms with Crippen LogP contribution in [0, 0.1) is 0 Å². The number of benzene rings is 1. The van der Waals surface area contributed by atoms with E-state index in [0.717, 1.165) is 0 Å². The van der Waals surface area contributed by atoms with Crippen molar-refractivity contribution in [2.45, 2.75) is 32.7 Å². The van der Waals surface area contributed by atoms with Crippen LogP contribution in [0.1, 0.15) is 37.6 Å². The molecule has 0 aromatic heterocycles. The molecule has 0 fully saturated rings. The Balaban J connectivity index is 2.43. The van der Waals surface area contributed by atoms with Crippen molar-refractivity contribution in [1.29, 1.82) is 0 Å². The predicted molar refractivity (Wildman–Crippen MR) is 104 cm³/mol. The van der Waals surface area contributed by atoms with Gasteiger partial charge >= 0.3 is 0 Å². The first-order valence-corrected chi connectivity index (χ1v) is 8.82. The number of phenolic OH excluding ortho intramolecular Hbond substituents is 1. The van der Waals surface area contributed by atoms with Crippen LogP contribution >= 0.6 is 0 Å². The number of nitrogens with zero attached hydrogens (tertiary/aromatic N) is 1. The molecule has 4 N–H and O–H groups in total. The zero-order valence-corrected chi connectivity index (χ0v) is 16.4. The Morgan fingerprint density at radius 3 is 2.48 bits per heavy atom. The molecule has 1 aromatic rings. The van der Waals surface area contributed by atoms with Gasteiger partial charge in [-0.25, -0.2) is 0 Å². The van der Waals surface area contributed by atoms with Crippen molar-refractivity contribution in [2.75, 3.05) is 26.0 Å². The average molecular weight is 373 g/mol. The van der Waals surface area contributed by atoms with Crippen LogP contribution in [0.5, 0.6) is 5.75 Å². The van der Waals surface area contributed by atoms with Gasteiger partial charge in [-0.15, -0.1) is 0 Å². The molecule has 0 saturated carbocycles. The first-order chi connectivity index (χ1) is 12.6. The van der Waals surface area contributed by atoms with E-state index in [2.05, 4.69) is 10.6 Å². The van der Waals surface area contributed by atoms with Gasteiger partial charge in [-0.2, -0.15) is 0 Å². The summed E-state index contributed by atoms with van der Waals surface area (Å²) < 4.78 is 0. The Hall–Kier alpha value is -2.80. The third-order valence-electron chi connectivity index (χ3n) is 4.19. The molecule has 27 heavy (non-hydrogen) atoms. The van der Waals surface area contributed by atoms with Gasteiger partial charge in [0.1, 0.15) is 5.70 Å². The number of Topliss-reactive ketones (excluding diaryl/α,β-unsaturated/α-hetero) is 1. The fourth-order valence-corrected chi connectivity index (χ4v) is 2.65. The number of amides is 1. The largest absolute Gasteiger partial charge is 0.505 e. The Bertz CT molecular complexity index is 823. The zero-order valence-electron chi connectivity index (χ0n) is 16.4. The normalized spacial score (nSPS) is 15.6. The molecular weight excluding hydrogens is 346 g/mol. The van der Waals surface area contributed by atoms with E-state index in [-0.39, 0.29) is 35.3 Å². The summed E-state index contributed by atoms with van der Waals surface area (Å²) in [5.74, 6) is -0.738. The van der Waals surface area contributed by atoms with Gasteiger partial charge < -0.3 is 25.7 Å². The van der Waals surface area contributed by atoms with Crippen LogP contribution in [0.2, 0.25) is 0 Å². The first-order valence-electron chi connectivity index (χ1n) is 8.82. The van der Waals surface area contributed by atoms with E-state index in [0.29, 0.717) is 23.4 Å². The molecule has 0 radical (unpaired) electrons. The number of phenols is 1. The van der Waals surface area contributed by atoms with Crippen LogP contribution in [0.3, 0.4) is 0 Å². The molecule has 0 unspecified atom stereocenters. The molecule has 0 spiro atoms. The summed E-state index contributed by atoms with van der Waals surface area (Å²) in [6.45, 7) is 5.45. The van der Waals surface area contributed by atoms with E-state index in [1.807, 2.05) is 26.8 Å². The number of carbonyl (C=O) groups is 2. The molecule has 7 heteroatoms. The first kappa shape index (κ1) is 20.5. The number of allylic oxidation sites excluding steroid dienone is 3. The number of anilines is 1. The molecule has 0 heterocycles. The molecular formula is C20H27N3O4. The van der Waals surface area contributed by atoms with Gasteiger partial charge in [0.25, 0.3) is 5.91 Å². The third-order valence-corrected chi connectivity index (χ3v) is 4.19. The minimum atomic E-state index is -0.624. The summed E-state index contributed by atoms with van der Waals surface area (Å²) in [6, 6.07) is 4.75. The second-order valence-electron chi connectivity index (χ2n) is 7.30. The highest BCUT2D eigenvalue weighted by molar-refractivity contribution is 6.21. The average Bonchev–Trinajstić information content (AvgIpc) is 2.63. The summed E-state index contributed by atoms with van der Waals surface area (Å²) in [5.41, 5.74) is 1.21. The molecule has 7 nitrogen and oxygen atoms in total. The number of aliphatic hydroxyl groups excluding tert-OH is 1. The Morgan fingerprint density at radius 1 is 1.26 bits per heavy atom. The van der Waals surface area contributed by atoms with Gasteiger partial charge in [-0.3, -0.25) is 9.59 Å². The maximum absolute atomic E-state index is 12.5. The summed E-state index contributed by atoms with van der Waals surface area (Å²) in [6.07, 6.45) is 2.51. The van der Waals surface area contributed by atoms with E-state index < -0.39 is 5.54 Å². The lowest BCUT2D eigenvalue weighted by Crippen LogP contribution is -2.47. The highest BCUT2D eigenvalue weighted by Gasteiger charge is 2.36. The smallest absolute Gasteiger partial charge is 0.257 e. The molecule has 1 aromatic carbocycles. The van der Waals surface area contributed by atoms with Crippen molar-refractivity contribution < 1.29 is 19.8 Å². The lowest BCUT2D eigenvalue weighted by molar-refractivity contribution is -0.113. The Morgan fingerprint density at radius 2 is 1.93 bits per heavy atom. The Labute approximate surface area is 159 Å². The fraction of sp³-hybridized carbons (Fsp3) is 0.400. The van der Waals surface area contributed by atoms with Crippen molar-refractivity contribution in [1.82, 2.24) is 10.2 Å². The van der Waals surface area contributed by atoms with Crippen molar-refractivity contribution in [3.05, 3.63) is 46.8 Å². The standard InChI is InChI=1S/C20H27N3O4/c1-6-8-12-15(22-20(2,3)11-24)16(18(12)26)21-14-10-7-9-13(17(14)25)19(27)23(4)5/h7-10,21-22,24-25H,6,11H2,1-5H3/b12-8-. The minimum absolute atomic E-state index is 0.116. The van der Waals surface area contributed by atoms with Gasteiger partial charge in [0.15, 0.2) is 5.75 Å². The summed E-state index contributed by atoms with van der Waals surface area (Å²) >= 11 is 0. The number of carbonyl (C=O) groups excluding carboxylic acids is 2. The van der Waals surface area contributed by atoms with Crippen LogP contribution in [-0.4, -0.2) is 53.0 Å². The number of hydrogen-bond acceptors (Lipinski definition) is 6. The highest BCUT2D eigenvalue weighted by Crippen LogP contribution is 2.35. The van der Waals surface area contributed by atoms with Crippen molar-refractivity contribution in [3.63, 3.8) is 0 Å². The molecule has 0 saturated heterocycles. The summed E-state index contributed by atoms with van der Waals surface area (Å²) in [7, 11) is 3.20. The molecule has 1 aliphatic carbocycles. The zero-order chi connectivity index (χ0) is 20.4. The lowest BCUT2D eigenvalue weighted by Gasteiger charge is -2.34. The van der Waals surface area contributed by atoms with E-state index in [4.69, 9.17) is 0 Å². The quantitative estimate of drug-likeness (QED) is 0.431. The van der Waals surface area contributed by atoms with Gasteiger partial charge in [0, 0.05) is 19.7 Å². The molecule has 1 aliphatic rings. The van der Waals surface area contributed by atoms with E-state index in [9.17, 15) is 19.8 Å². The molecule has 146 valence electrons. The van der Waals surface area contributed by atoms with Crippen LogP contribution in [0.4, 0.5) is 5.69 Å². The lowest BCUT2D eigenvalue weighted by atomic mass is 9.88. The number of nitrogens with one attached hydrogen (secondary N) is 2. The van der Waals surface area contributed by atoms with E-state index in [1.54, 1.807) is 26.2 Å². The summed E-state index contributed by atoms with van der Waals surface area (Å²) in [4.78, 5) is 26.1. The van der Waals surface area contributed by atoms with Gasteiger partial charge in [0.05, 0.1) is 29.1 Å². The molecule has 2 rings (SSSR count). The third kappa shape index (κ3) is 4.14. The Kier molecular flexibility index (Phi) is 5.95. The van der Waals surface area contributed by atoms with Crippen LogP contribution in [-0.2, 0) is 4.79 Å². The number of aromatic hydroxyl groups is 1. The van der Waals surface area contributed by atoms with Gasteiger partial charge in [-0.1, -0.05) is 19.1 Å². The van der Waals surface area contributed by atoms with Crippen LogP contribution in [0.25, 0.3) is 0 Å². The van der Waals surface area contributed by atoms with Crippen LogP contribution in [0.15, 0.2) is 41.2 Å². The second-order valence-corrected chi connectivity index (χ2v) is 7.30. The molecule has 0 bridgehead atoms. The van der Waals surface area contributed by atoms with Crippen LogP contribution < -0.4 is 10.6 Å². The number of hydrogen-bond donors (Lipinski definition) is 4. The molecule has 0 atom stereocenters. The monoisotopic (exact) mass is 373 g/mol. The van der Waals surface area contributed by atoms with Crippen molar-refractivity contribution >= 4 is 17.4 Å². The minimum Gasteiger partial charge on any atom is -0.505 e. The van der Waals surface area contributed by atoms with Crippen molar-refractivity contribution in [2.24, 2.45) is 0 Å². The maximum atomic E-state index is 12.5. The van der Waals surface area contributed by atoms with E-state index in [1.165, 1.54) is 11.0 Å². The SMILES string of the molecule is CC/C=C1\C(=O)C(Nc2cccc(C(=O)N(C)C)c2O)=C1NC(C)(C)CO. The van der Waals surface area contributed by atoms with Crippen molar-refractivity contribution in [3.8, 4) is 5.75 Å².